The van der Waals surface area contributed by atoms with Crippen molar-refractivity contribution in [3.63, 3.8) is 0 Å². The van der Waals surface area contributed by atoms with Crippen molar-refractivity contribution in [1.82, 2.24) is 4.90 Å². The lowest BCUT2D eigenvalue weighted by Gasteiger charge is -2.35. The molecule has 1 amide bonds. The molecular formula is C17H23N3O. The van der Waals surface area contributed by atoms with Crippen LogP contribution in [0, 0.1) is 0 Å². The molecule has 0 bridgehead atoms. The van der Waals surface area contributed by atoms with Crippen molar-refractivity contribution in [2.24, 2.45) is 5.73 Å². The lowest BCUT2D eigenvalue weighted by molar-refractivity contribution is -0.126. The summed E-state index contributed by atoms with van der Waals surface area (Å²) in [6.45, 7) is 1.15. The molecule has 0 fully saturated rings. The summed E-state index contributed by atoms with van der Waals surface area (Å²) in [6.07, 6.45) is 6.32. The van der Waals surface area contributed by atoms with E-state index in [1.54, 1.807) is 0 Å². The lowest BCUT2D eigenvalue weighted by Crippen LogP contribution is -2.47. The van der Waals surface area contributed by atoms with Gasteiger partial charge in [0.1, 0.15) is 0 Å². The van der Waals surface area contributed by atoms with Crippen LogP contribution in [0.15, 0.2) is 36.0 Å². The Morgan fingerprint density at radius 2 is 2.24 bits per heavy atom. The van der Waals surface area contributed by atoms with Crippen LogP contribution in [0.25, 0.3) is 0 Å². The van der Waals surface area contributed by atoms with Crippen molar-refractivity contribution in [1.29, 1.82) is 0 Å². The van der Waals surface area contributed by atoms with Crippen LogP contribution in [0.4, 0.5) is 5.69 Å². The minimum Gasteiger partial charge on any atom is -0.360 e. The number of anilines is 1. The molecule has 0 saturated carbocycles. The van der Waals surface area contributed by atoms with Crippen molar-refractivity contribution in [3.8, 4) is 0 Å². The Morgan fingerprint density at radius 1 is 1.43 bits per heavy atom. The number of fused-ring (bicyclic) bond motifs is 1. The molecule has 112 valence electrons. The molecule has 3 rings (SSSR count). The predicted octanol–water partition coefficient (Wildman–Crippen LogP) is 1.90. The third kappa shape index (κ3) is 2.95. The minimum absolute atomic E-state index is 0.101. The van der Waals surface area contributed by atoms with E-state index in [1.165, 1.54) is 5.56 Å². The first-order valence-corrected chi connectivity index (χ1v) is 7.69. The quantitative estimate of drug-likeness (QED) is 0.923. The van der Waals surface area contributed by atoms with Gasteiger partial charge in [-0.15, -0.1) is 0 Å². The molecule has 1 aromatic carbocycles. The number of carbonyl (C=O) groups is 1. The number of amides is 1. The van der Waals surface area contributed by atoms with Gasteiger partial charge in [-0.25, -0.2) is 0 Å². The summed E-state index contributed by atoms with van der Waals surface area (Å²) in [7, 11) is 1.88. The molecule has 1 unspecified atom stereocenters. The summed E-state index contributed by atoms with van der Waals surface area (Å²) in [5.74, 6) is 0.145. The molecular weight excluding hydrogens is 262 g/mol. The highest BCUT2D eigenvalue weighted by atomic mass is 16.2. The summed E-state index contributed by atoms with van der Waals surface area (Å²) in [6, 6.07) is 8.35. The molecule has 1 aromatic rings. The Bertz CT molecular complexity index is 567. The van der Waals surface area contributed by atoms with Crippen LogP contribution >= 0.6 is 0 Å². The number of hydrogen-bond acceptors (Lipinski definition) is 3. The number of benzene rings is 1. The molecule has 21 heavy (non-hydrogen) atoms. The number of likely N-dealkylation sites (N-methyl/N-ethyl adjacent to an activating group) is 1. The first-order valence-electron chi connectivity index (χ1n) is 7.69. The molecule has 0 spiro atoms. The average molecular weight is 285 g/mol. The maximum atomic E-state index is 12.5. The van der Waals surface area contributed by atoms with E-state index in [0.717, 1.165) is 43.6 Å². The monoisotopic (exact) mass is 285 g/mol. The van der Waals surface area contributed by atoms with Gasteiger partial charge in [0.25, 0.3) is 0 Å². The maximum absolute atomic E-state index is 12.5. The van der Waals surface area contributed by atoms with Crippen LogP contribution in [0.5, 0.6) is 0 Å². The SMILES string of the molecule is CN(C(=O)CN1CC(N)Cc2ccccc21)C1=CCCC1. The summed E-state index contributed by atoms with van der Waals surface area (Å²) in [5, 5.41) is 0. The van der Waals surface area contributed by atoms with Crippen molar-refractivity contribution < 1.29 is 4.79 Å². The van der Waals surface area contributed by atoms with Gasteiger partial charge in [0, 0.05) is 31.0 Å². The van der Waals surface area contributed by atoms with Crippen LogP contribution in [0.2, 0.25) is 0 Å². The second-order valence-corrected chi connectivity index (χ2v) is 6.01. The van der Waals surface area contributed by atoms with Gasteiger partial charge in [-0.05, 0) is 37.3 Å². The van der Waals surface area contributed by atoms with Crippen LogP contribution in [-0.2, 0) is 11.2 Å². The molecule has 1 aliphatic carbocycles. The Balaban J connectivity index is 1.74. The van der Waals surface area contributed by atoms with Gasteiger partial charge in [0.05, 0.1) is 6.54 Å². The number of allylic oxidation sites excluding steroid dienone is 2. The zero-order valence-corrected chi connectivity index (χ0v) is 12.6. The van der Waals surface area contributed by atoms with Gasteiger partial charge in [-0.2, -0.15) is 0 Å². The van der Waals surface area contributed by atoms with Crippen molar-refractivity contribution >= 4 is 11.6 Å². The van der Waals surface area contributed by atoms with E-state index in [9.17, 15) is 4.79 Å². The fraction of sp³-hybridized carbons (Fsp3) is 0.471. The van der Waals surface area contributed by atoms with Crippen molar-refractivity contribution in [2.75, 3.05) is 25.0 Å². The molecule has 1 atom stereocenters. The second-order valence-electron chi connectivity index (χ2n) is 6.01. The molecule has 0 saturated heterocycles. The molecule has 4 heteroatoms. The maximum Gasteiger partial charge on any atom is 0.245 e. The second kappa shape index (κ2) is 5.90. The number of para-hydroxylation sites is 1. The fourth-order valence-corrected chi connectivity index (χ4v) is 3.26. The summed E-state index contributed by atoms with van der Waals surface area (Å²) < 4.78 is 0. The molecule has 2 aliphatic rings. The van der Waals surface area contributed by atoms with Crippen molar-refractivity contribution in [2.45, 2.75) is 31.7 Å². The number of nitrogens with two attached hydrogens (primary N) is 1. The van der Waals surface area contributed by atoms with Crippen LogP contribution < -0.4 is 10.6 Å². The molecule has 2 N–H and O–H groups in total. The Morgan fingerprint density at radius 3 is 3.00 bits per heavy atom. The molecule has 1 aliphatic heterocycles. The zero-order valence-electron chi connectivity index (χ0n) is 12.6. The van der Waals surface area contributed by atoms with Gasteiger partial charge in [0.15, 0.2) is 0 Å². The van der Waals surface area contributed by atoms with Gasteiger partial charge in [-0.1, -0.05) is 24.3 Å². The Hall–Kier alpha value is -1.81. The summed E-state index contributed by atoms with van der Waals surface area (Å²) in [4.78, 5) is 16.5. The summed E-state index contributed by atoms with van der Waals surface area (Å²) >= 11 is 0. The zero-order chi connectivity index (χ0) is 14.8. The topological polar surface area (TPSA) is 49.6 Å². The first kappa shape index (κ1) is 14.1. The standard InChI is InChI=1S/C17H23N3O/c1-19(15-7-3-4-8-15)17(21)12-20-11-14(18)10-13-6-2-5-9-16(13)20/h2,5-7,9,14H,3-4,8,10-12,18H2,1H3. The van der Waals surface area contributed by atoms with E-state index in [0.29, 0.717) is 6.54 Å². The molecule has 4 nitrogen and oxygen atoms in total. The van der Waals surface area contributed by atoms with E-state index in [1.807, 2.05) is 24.1 Å². The molecule has 1 heterocycles. The first-order chi connectivity index (χ1) is 10.1. The smallest absolute Gasteiger partial charge is 0.245 e. The highest BCUT2D eigenvalue weighted by molar-refractivity contribution is 5.83. The Kier molecular flexibility index (Phi) is 3.97. The summed E-state index contributed by atoms with van der Waals surface area (Å²) in [5.41, 5.74) is 9.69. The normalized spacial score (nSPS) is 21.0. The van der Waals surface area contributed by atoms with E-state index in [2.05, 4.69) is 23.1 Å². The number of carbonyl (C=O) groups excluding carboxylic acids is 1. The van der Waals surface area contributed by atoms with Gasteiger partial charge in [-0.3, -0.25) is 4.79 Å². The number of nitrogens with zero attached hydrogens (tertiary/aromatic N) is 2. The lowest BCUT2D eigenvalue weighted by atomic mass is 9.98. The molecule has 0 radical (unpaired) electrons. The largest absolute Gasteiger partial charge is 0.360 e. The van der Waals surface area contributed by atoms with E-state index < -0.39 is 0 Å². The highest BCUT2D eigenvalue weighted by Gasteiger charge is 2.25. The highest BCUT2D eigenvalue weighted by Crippen LogP contribution is 2.27. The van der Waals surface area contributed by atoms with Gasteiger partial charge >= 0.3 is 0 Å². The number of rotatable bonds is 3. The Labute approximate surface area is 126 Å². The van der Waals surface area contributed by atoms with Crippen LogP contribution in [0.3, 0.4) is 0 Å². The van der Waals surface area contributed by atoms with Gasteiger partial charge in [0.2, 0.25) is 5.91 Å². The molecule has 0 aromatic heterocycles. The third-order valence-corrected chi connectivity index (χ3v) is 4.42. The number of hydrogen-bond donors (Lipinski definition) is 1. The average Bonchev–Trinajstić information content (AvgIpc) is 3.00. The van der Waals surface area contributed by atoms with Crippen molar-refractivity contribution in [3.05, 3.63) is 41.6 Å². The third-order valence-electron chi connectivity index (χ3n) is 4.42. The van der Waals surface area contributed by atoms with Gasteiger partial charge < -0.3 is 15.5 Å². The predicted molar refractivity (Wildman–Crippen MR) is 85.0 cm³/mol. The van der Waals surface area contributed by atoms with Crippen LogP contribution in [0.1, 0.15) is 24.8 Å². The van der Waals surface area contributed by atoms with E-state index >= 15 is 0 Å². The van der Waals surface area contributed by atoms with E-state index in [4.69, 9.17) is 5.73 Å². The fourth-order valence-electron chi connectivity index (χ4n) is 3.26. The minimum atomic E-state index is 0.101. The van der Waals surface area contributed by atoms with Crippen LogP contribution in [-0.4, -0.2) is 37.0 Å². The van der Waals surface area contributed by atoms with E-state index in [-0.39, 0.29) is 11.9 Å².